The molecule has 0 radical (unpaired) electrons. The summed E-state index contributed by atoms with van der Waals surface area (Å²) in [6.45, 7) is 8.32. The van der Waals surface area contributed by atoms with Crippen LogP contribution in [-0.4, -0.2) is 34.9 Å². The monoisotopic (exact) mass is 391 g/mol. The average molecular weight is 392 g/mol. The molecule has 0 N–H and O–H groups in total. The Kier molecular flexibility index (Phi) is 4.47. The third-order valence-electron chi connectivity index (χ3n) is 7.98. The molecule has 2 aliphatic carbocycles. The van der Waals surface area contributed by atoms with E-state index in [0.29, 0.717) is 12.0 Å². The number of ether oxygens (including phenoxy) is 1. The van der Waals surface area contributed by atoms with Gasteiger partial charge in [-0.15, -0.1) is 0 Å². The zero-order valence-corrected chi connectivity index (χ0v) is 18.4. The van der Waals surface area contributed by atoms with E-state index in [1.807, 2.05) is 26.1 Å². The van der Waals surface area contributed by atoms with Crippen LogP contribution in [0.15, 0.2) is 23.3 Å². The van der Waals surface area contributed by atoms with E-state index in [0.717, 1.165) is 34.2 Å². The maximum absolute atomic E-state index is 7.00. The van der Waals surface area contributed by atoms with Crippen LogP contribution in [-0.2, 0) is 0 Å². The quantitative estimate of drug-likeness (QED) is 0.569. The minimum atomic E-state index is -0.380. The molecule has 3 unspecified atom stereocenters. The number of benzene rings is 1. The number of pyridine rings is 1. The summed E-state index contributed by atoms with van der Waals surface area (Å²) in [5.74, 6) is 3.26. The Morgan fingerprint density at radius 3 is 2.48 bits per heavy atom. The minimum Gasteiger partial charge on any atom is -0.464 e. The van der Waals surface area contributed by atoms with Crippen molar-refractivity contribution in [2.24, 2.45) is 22.7 Å². The highest BCUT2D eigenvalue weighted by Crippen LogP contribution is 2.55. The fourth-order valence-electron chi connectivity index (χ4n) is 6.54. The van der Waals surface area contributed by atoms with Gasteiger partial charge in [-0.25, -0.2) is 0 Å². The number of nitrogens with zero attached hydrogens (tertiary/aromatic N) is 3. The molecule has 1 aromatic carbocycles. The van der Waals surface area contributed by atoms with Gasteiger partial charge >= 0.3 is 0 Å². The van der Waals surface area contributed by atoms with E-state index in [2.05, 4.69) is 43.1 Å². The van der Waals surface area contributed by atoms with Crippen LogP contribution in [0.5, 0.6) is 5.75 Å². The van der Waals surface area contributed by atoms with Gasteiger partial charge < -0.3 is 4.74 Å². The Bertz CT molecular complexity index is 970. The molecular weight excluding hydrogens is 358 g/mol. The van der Waals surface area contributed by atoms with Crippen molar-refractivity contribution in [2.75, 3.05) is 7.05 Å². The van der Waals surface area contributed by atoms with E-state index in [4.69, 9.17) is 9.73 Å². The van der Waals surface area contributed by atoms with Crippen molar-refractivity contribution in [2.45, 2.75) is 71.6 Å². The lowest BCUT2D eigenvalue weighted by atomic mass is 9.67. The second kappa shape index (κ2) is 6.80. The molecule has 4 heterocycles. The van der Waals surface area contributed by atoms with Gasteiger partial charge in [-0.2, -0.15) is 0 Å². The normalized spacial score (nSPS) is 34.5. The lowest BCUT2D eigenvalue weighted by molar-refractivity contribution is -0.0627. The number of hydrogen-bond acceptors (Lipinski definition) is 4. The SMILES string of the molecule is CC.Cc1c2c(c3cccnc3c1C)N=CC1(O2)C2CC3CC(CC(C3)N1C)C2. The molecule has 2 aromatic rings. The van der Waals surface area contributed by atoms with E-state index < -0.39 is 0 Å². The van der Waals surface area contributed by atoms with Gasteiger partial charge in [-0.3, -0.25) is 14.9 Å². The van der Waals surface area contributed by atoms with Gasteiger partial charge in [0.15, 0.2) is 5.75 Å². The predicted molar refractivity (Wildman–Crippen MR) is 119 cm³/mol. The van der Waals surface area contributed by atoms with Gasteiger partial charge in [0.25, 0.3) is 0 Å². The molecule has 2 saturated heterocycles. The van der Waals surface area contributed by atoms with Crippen molar-refractivity contribution in [3.05, 3.63) is 29.5 Å². The molecule has 4 heteroatoms. The molecule has 3 atom stereocenters. The summed E-state index contributed by atoms with van der Waals surface area (Å²) in [5, 5.41) is 1.10. The highest BCUT2D eigenvalue weighted by atomic mass is 16.5. The molecule has 4 bridgehead atoms. The van der Waals surface area contributed by atoms with E-state index >= 15 is 0 Å². The fraction of sp³-hybridized carbons (Fsp3) is 0.600. The van der Waals surface area contributed by atoms with Crippen LogP contribution in [0.25, 0.3) is 10.9 Å². The topological polar surface area (TPSA) is 37.7 Å². The summed E-state index contributed by atoms with van der Waals surface area (Å²) in [6, 6.07) is 4.74. The first-order chi connectivity index (χ1) is 14.1. The molecule has 2 saturated carbocycles. The van der Waals surface area contributed by atoms with Crippen LogP contribution in [0.1, 0.15) is 57.1 Å². The third-order valence-corrected chi connectivity index (χ3v) is 7.98. The predicted octanol–water partition coefficient (Wildman–Crippen LogP) is 5.81. The highest BCUT2D eigenvalue weighted by molar-refractivity contribution is 5.99. The lowest BCUT2D eigenvalue weighted by Crippen LogP contribution is -2.59. The number of fused-ring (bicyclic) bond motifs is 3. The summed E-state index contributed by atoms with van der Waals surface area (Å²) in [6.07, 6.45) is 10.7. The largest absolute Gasteiger partial charge is 0.464 e. The first kappa shape index (κ1) is 19.0. The molecule has 29 heavy (non-hydrogen) atoms. The maximum atomic E-state index is 7.00. The van der Waals surface area contributed by atoms with Gasteiger partial charge in [-0.05, 0) is 88.1 Å². The summed E-state index contributed by atoms with van der Waals surface area (Å²) in [7, 11) is 2.27. The number of hydrogen-bond donors (Lipinski definition) is 0. The first-order valence-electron chi connectivity index (χ1n) is 11.4. The molecule has 3 aliphatic heterocycles. The second-order valence-electron chi connectivity index (χ2n) is 9.31. The molecule has 1 spiro atoms. The van der Waals surface area contributed by atoms with Crippen molar-refractivity contribution >= 4 is 22.8 Å². The molecule has 154 valence electrons. The molecule has 5 aliphatic rings. The summed E-state index contributed by atoms with van der Waals surface area (Å²) in [4.78, 5) is 12.2. The van der Waals surface area contributed by atoms with E-state index in [-0.39, 0.29) is 5.72 Å². The first-order valence-corrected chi connectivity index (χ1v) is 11.4. The zero-order chi connectivity index (χ0) is 20.3. The molecule has 4 nitrogen and oxygen atoms in total. The van der Waals surface area contributed by atoms with E-state index in [9.17, 15) is 0 Å². The van der Waals surface area contributed by atoms with Crippen molar-refractivity contribution < 1.29 is 4.74 Å². The summed E-state index contributed by atoms with van der Waals surface area (Å²) >= 11 is 0. The van der Waals surface area contributed by atoms with Crippen molar-refractivity contribution in [3.63, 3.8) is 0 Å². The molecular formula is C25H33N3O. The Labute approximate surface area is 174 Å². The molecule has 7 rings (SSSR count). The number of aromatic nitrogens is 1. The van der Waals surface area contributed by atoms with Crippen LogP contribution in [0.3, 0.4) is 0 Å². The Morgan fingerprint density at radius 2 is 1.76 bits per heavy atom. The highest BCUT2D eigenvalue weighted by Gasteiger charge is 2.56. The van der Waals surface area contributed by atoms with Crippen molar-refractivity contribution in [3.8, 4) is 5.75 Å². The molecule has 0 amide bonds. The van der Waals surface area contributed by atoms with Gasteiger partial charge in [0.1, 0.15) is 5.69 Å². The summed E-state index contributed by atoms with van der Waals surface area (Å²) < 4.78 is 7.00. The van der Waals surface area contributed by atoms with Crippen molar-refractivity contribution in [1.82, 2.24) is 9.88 Å². The average Bonchev–Trinajstić information content (AvgIpc) is 2.87. The number of rotatable bonds is 0. The van der Waals surface area contributed by atoms with Crippen LogP contribution >= 0.6 is 0 Å². The van der Waals surface area contributed by atoms with Crippen molar-refractivity contribution in [1.29, 1.82) is 0 Å². The maximum Gasteiger partial charge on any atom is 0.202 e. The third kappa shape index (κ3) is 2.61. The fourth-order valence-corrected chi connectivity index (χ4v) is 6.54. The zero-order valence-electron chi connectivity index (χ0n) is 18.4. The Hall–Kier alpha value is -1.94. The number of aryl methyl sites for hydroxylation is 1. The van der Waals surface area contributed by atoms with E-state index in [1.54, 1.807) is 0 Å². The van der Waals surface area contributed by atoms with Gasteiger partial charge in [0.05, 0.1) is 11.7 Å². The van der Waals surface area contributed by atoms with Gasteiger partial charge in [-0.1, -0.05) is 13.8 Å². The Balaban J connectivity index is 0.000000882. The van der Waals surface area contributed by atoms with Gasteiger partial charge in [0, 0.05) is 23.5 Å². The molecule has 4 fully saturated rings. The Morgan fingerprint density at radius 1 is 1.03 bits per heavy atom. The van der Waals surface area contributed by atoms with Crippen LogP contribution < -0.4 is 4.74 Å². The standard InChI is InChI=1S/C23H27N3O.C2H6/c1-13-14(2)22-21(19-5-4-6-24-20(13)19)25-12-23(27-22)17-8-15-7-16(9-17)11-18(10-15)26(23)3;1-2/h4-6,12,15-18H,7-11H2,1-3H3;1-2H3. The second-order valence-corrected chi connectivity index (χ2v) is 9.31. The lowest BCUT2D eigenvalue weighted by Gasteiger charge is -2.46. The minimum absolute atomic E-state index is 0.380. The van der Waals surface area contributed by atoms with Crippen LogP contribution in [0.2, 0.25) is 0 Å². The van der Waals surface area contributed by atoms with Gasteiger partial charge in [0.2, 0.25) is 5.72 Å². The van der Waals surface area contributed by atoms with E-state index in [1.165, 1.54) is 43.2 Å². The molecule has 1 aromatic heterocycles. The smallest absolute Gasteiger partial charge is 0.202 e. The number of aliphatic imine (C=N–C) groups is 1. The summed E-state index contributed by atoms with van der Waals surface area (Å²) in [5.41, 5.74) is 4.02. The van der Waals surface area contributed by atoms with Crippen LogP contribution in [0, 0.1) is 31.6 Å². The van der Waals surface area contributed by atoms with Crippen LogP contribution in [0.4, 0.5) is 5.69 Å².